The molecule has 0 atom stereocenters. The number of methoxy groups -OCH3 is 1. The minimum Gasteiger partial charge on any atom is -0.494 e. The third-order valence-corrected chi connectivity index (χ3v) is 2.25. The second-order valence-corrected chi connectivity index (χ2v) is 3.30. The molecule has 1 aromatic carbocycles. The van der Waals surface area contributed by atoms with Crippen molar-refractivity contribution in [2.24, 2.45) is 0 Å². The first-order valence-electron chi connectivity index (χ1n) is 4.94. The molecule has 7 nitrogen and oxygen atoms in total. The van der Waals surface area contributed by atoms with E-state index in [-0.39, 0.29) is 5.69 Å². The fourth-order valence-corrected chi connectivity index (χ4v) is 1.44. The zero-order chi connectivity index (χ0) is 13.1. The quantitative estimate of drug-likeness (QED) is 0.788. The molecule has 90 valence electrons. The molecule has 0 saturated carbocycles. The number of nitrogens with zero attached hydrogens (tertiary/aromatic N) is 3. The van der Waals surface area contributed by atoms with E-state index in [0.29, 0.717) is 11.4 Å². The molecule has 0 radical (unpaired) electrons. The molecule has 0 aliphatic heterocycles. The van der Waals surface area contributed by atoms with Crippen LogP contribution >= 0.6 is 0 Å². The van der Waals surface area contributed by atoms with Crippen molar-refractivity contribution >= 4 is 0 Å². The summed E-state index contributed by atoms with van der Waals surface area (Å²) in [6.07, 6.45) is 0. The van der Waals surface area contributed by atoms with Crippen LogP contribution in [0, 0.1) is 11.3 Å². The molecule has 0 fully saturated rings. The predicted octanol–water partition coefficient (Wildman–Crippen LogP) is -0.199. The maximum atomic E-state index is 11.7. The molecule has 2 aromatic rings. The molecule has 0 aliphatic carbocycles. The molecule has 0 unspecified atom stereocenters. The maximum absolute atomic E-state index is 11.7. The predicted molar refractivity (Wildman–Crippen MR) is 61.7 cm³/mol. The monoisotopic (exact) mass is 244 g/mol. The van der Waals surface area contributed by atoms with E-state index in [1.807, 2.05) is 4.98 Å². The number of ether oxygens (including phenoxy) is 1. The lowest BCUT2D eigenvalue weighted by Gasteiger charge is -2.08. The lowest BCUT2D eigenvalue weighted by Crippen LogP contribution is -2.33. The molecule has 0 spiro atoms. The van der Waals surface area contributed by atoms with E-state index in [9.17, 15) is 9.59 Å². The van der Waals surface area contributed by atoms with Crippen LogP contribution < -0.4 is 16.0 Å². The third kappa shape index (κ3) is 1.87. The van der Waals surface area contributed by atoms with Crippen molar-refractivity contribution in [1.82, 2.24) is 14.8 Å². The Morgan fingerprint density at radius 3 is 2.78 bits per heavy atom. The van der Waals surface area contributed by atoms with Gasteiger partial charge in [-0.2, -0.15) is 9.94 Å². The maximum Gasteiger partial charge on any atom is 0.349 e. The number of para-hydroxylation sites is 2. The second-order valence-electron chi connectivity index (χ2n) is 3.30. The molecule has 0 aliphatic rings. The Labute approximate surface area is 101 Å². The summed E-state index contributed by atoms with van der Waals surface area (Å²) in [6, 6.07) is 8.25. The summed E-state index contributed by atoms with van der Waals surface area (Å²) >= 11 is 0. The van der Waals surface area contributed by atoms with Crippen molar-refractivity contribution in [3.63, 3.8) is 0 Å². The van der Waals surface area contributed by atoms with Gasteiger partial charge < -0.3 is 4.74 Å². The number of rotatable bonds is 2. The minimum absolute atomic E-state index is 0.345. The highest BCUT2D eigenvalue weighted by Gasteiger charge is 2.11. The van der Waals surface area contributed by atoms with E-state index in [4.69, 9.17) is 10.00 Å². The number of aromatic amines is 1. The number of aromatic nitrogens is 3. The molecule has 0 amide bonds. The third-order valence-electron chi connectivity index (χ3n) is 2.25. The van der Waals surface area contributed by atoms with E-state index in [0.717, 1.165) is 4.68 Å². The molecule has 18 heavy (non-hydrogen) atoms. The molecule has 1 N–H and O–H groups in total. The van der Waals surface area contributed by atoms with Crippen LogP contribution in [0.15, 0.2) is 33.9 Å². The van der Waals surface area contributed by atoms with Crippen LogP contribution in [0.2, 0.25) is 0 Å². The lowest BCUT2D eigenvalue weighted by molar-refractivity contribution is 0.410. The van der Waals surface area contributed by atoms with Gasteiger partial charge in [0.2, 0.25) is 5.69 Å². The van der Waals surface area contributed by atoms with Gasteiger partial charge in [0, 0.05) is 0 Å². The van der Waals surface area contributed by atoms with Gasteiger partial charge >= 0.3 is 5.69 Å². The van der Waals surface area contributed by atoms with Gasteiger partial charge in [0.15, 0.2) is 0 Å². The minimum atomic E-state index is -0.811. The average Bonchev–Trinajstić information content (AvgIpc) is 2.39. The van der Waals surface area contributed by atoms with Crippen molar-refractivity contribution < 1.29 is 4.74 Å². The van der Waals surface area contributed by atoms with Crippen molar-refractivity contribution in [1.29, 1.82) is 5.26 Å². The summed E-state index contributed by atoms with van der Waals surface area (Å²) in [4.78, 5) is 24.9. The van der Waals surface area contributed by atoms with Gasteiger partial charge in [-0.15, -0.1) is 5.10 Å². The highest BCUT2D eigenvalue weighted by molar-refractivity contribution is 5.45. The number of hydrogen-bond acceptors (Lipinski definition) is 5. The van der Waals surface area contributed by atoms with E-state index >= 15 is 0 Å². The fraction of sp³-hybridized carbons (Fsp3) is 0.0909. The molecular weight excluding hydrogens is 236 g/mol. The van der Waals surface area contributed by atoms with Crippen LogP contribution in [0.4, 0.5) is 0 Å². The summed E-state index contributed by atoms with van der Waals surface area (Å²) in [7, 11) is 1.45. The average molecular weight is 244 g/mol. The first-order chi connectivity index (χ1) is 8.67. The lowest BCUT2D eigenvalue weighted by atomic mass is 10.3. The van der Waals surface area contributed by atoms with Crippen LogP contribution in [0.5, 0.6) is 5.75 Å². The molecular formula is C11H8N4O3. The molecule has 1 heterocycles. The van der Waals surface area contributed by atoms with Gasteiger partial charge in [-0.05, 0) is 12.1 Å². The Balaban J connectivity index is 2.76. The fourth-order valence-electron chi connectivity index (χ4n) is 1.44. The van der Waals surface area contributed by atoms with Gasteiger partial charge in [-0.25, -0.2) is 4.79 Å². The van der Waals surface area contributed by atoms with Crippen LogP contribution in [0.3, 0.4) is 0 Å². The van der Waals surface area contributed by atoms with Crippen LogP contribution in [-0.2, 0) is 0 Å². The summed E-state index contributed by atoms with van der Waals surface area (Å²) in [5, 5.41) is 12.4. The summed E-state index contributed by atoms with van der Waals surface area (Å²) in [6.45, 7) is 0. The Kier molecular flexibility index (Phi) is 2.93. The number of nitriles is 1. The molecule has 2 rings (SSSR count). The smallest absolute Gasteiger partial charge is 0.349 e. The van der Waals surface area contributed by atoms with Gasteiger partial charge in [0.1, 0.15) is 17.5 Å². The molecule has 0 bridgehead atoms. The number of benzene rings is 1. The zero-order valence-corrected chi connectivity index (χ0v) is 9.38. The van der Waals surface area contributed by atoms with Crippen molar-refractivity contribution in [3.8, 4) is 17.5 Å². The normalized spacial score (nSPS) is 9.78. The summed E-state index contributed by atoms with van der Waals surface area (Å²) < 4.78 is 6.00. The van der Waals surface area contributed by atoms with E-state index in [2.05, 4.69) is 5.10 Å². The zero-order valence-electron chi connectivity index (χ0n) is 9.38. The van der Waals surface area contributed by atoms with Crippen LogP contribution in [0.25, 0.3) is 5.69 Å². The Morgan fingerprint density at radius 2 is 2.11 bits per heavy atom. The Hall–Kier alpha value is -2.88. The second kappa shape index (κ2) is 4.55. The van der Waals surface area contributed by atoms with E-state index in [1.165, 1.54) is 7.11 Å². The Morgan fingerprint density at radius 1 is 1.39 bits per heavy atom. The molecule has 1 aromatic heterocycles. The first-order valence-corrected chi connectivity index (χ1v) is 4.94. The summed E-state index contributed by atoms with van der Waals surface area (Å²) in [5.41, 5.74) is -1.59. The Bertz CT molecular complexity index is 739. The summed E-state index contributed by atoms with van der Waals surface area (Å²) in [5.74, 6) is 0.406. The van der Waals surface area contributed by atoms with Crippen LogP contribution in [0.1, 0.15) is 5.69 Å². The topological polar surface area (TPSA) is 101 Å². The number of hydrogen-bond donors (Lipinski definition) is 1. The van der Waals surface area contributed by atoms with E-state index in [1.54, 1.807) is 30.3 Å². The van der Waals surface area contributed by atoms with Crippen LogP contribution in [-0.4, -0.2) is 21.9 Å². The van der Waals surface area contributed by atoms with E-state index < -0.39 is 11.2 Å². The van der Waals surface area contributed by atoms with Gasteiger partial charge in [0.05, 0.1) is 7.11 Å². The van der Waals surface area contributed by atoms with Gasteiger partial charge in [-0.3, -0.25) is 9.78 Å². The van der Waals surface area contributed by atoms with Crippen molar-refractivity contribution in [2.45, 2.75) is 0 Å². The first kappa shape index (κ1) is 11.6. The molecule has 7 heteroatoms. The highest BCUT2D eigenvalue weighted by Crippen LogP contribution is 2.19. The molecule has 0 saturated heterocycles. The highest BCUT2D eigenvalue weighted by atomic mass is 16.5. The number of nitrogens with one attached hydrogen (secondary N) is 1. The van der Waals surface area contributed by atoms with Crippen molar-refractivity contribution in [3.05, 3.63) is 50.8 Å². The van der Waals surface area contributed by atoms with Gasteiger partial charge in [-0.1, -0.05) is 12.1 Å². The SMILES string of the molecule is COc1ccccc1-n1nc(C#N)c(=O)[nH]c1=O. The largest absolute Gasteiger partial charge is 0.494 e. The van der Waals surface area contributed by atoms with Gasteiger partial charge in [0.25, 0.3) is 5.56 Å². The standard InChI is InChI=1S/C11H8N4O3/c1-18-9-5-3-2-4-8(9)15-11(17)13-10(16)7(6-12)14-15/h2-5H,1H3,(H,13,16,17). The van der Waals surface area contributed by atoms with Crippen molar-refractivity contribution in [2.75, 3.05) is 7.11 Å². The number of H-pyrrole nitrogens is 1.